The first-order valence-electron chi connectivity index (χ1n) is 6.81. The van der Waals surface area contributed by atoms with Gasteiger partial charge in [0.15, 0.2) is 11.5 Å². The zero-order chi connectivity index (χ0) is 14.9. The van der Waals surface area contributed by atoms with Crippen molar-refractivity contribution in [3.05, 3.63) is 54.7 Å². The van der Waals surface area contributed by atoms with E-state index in [0.717, 1.165) is 27.9 Å². The number of nitrogens with one attached hydrogen (secondary N) is 1. The number of H-pyrrole nitrogens is 1. The van der Waals surface area contributed by atoms with Crippen LogP contribution in [0.1, 0.15) is 0 Å². The molecule has 0 amide bonds. The Bertz CT molecular complexity index is 931. The summed E-state index contributed by atoms with van der Waals surface area (Å²) in [5.41, 5.74) is 9.89. The van der Waals surface area contributed by atoms with Crippen molar-refractivity contribution in [2.75, 3.05) is 5.73 Å². The molecular formula is C16H12N6. The Morgan fingerprint density at radius 3 is 2.50 bits per heavy atom. The maximum atomic E-state index is 6.02. The smallest absolute Gasteiger partial charge is 0.180 e. The highest BCUT2D eigenvalue weighted by atomic mass is 15.2. The second-order valence-electron chi connectivity index (χ2n) is 4.84. The minimum Gasteiger partial charge on any atom is -0.382 e. The van der Waals surface area contributed by atoms with Crippen LogP contribution in [0.4, 0.5) is 5.82 Å². The standard InChI is InChI=1S/C16H12N6/c17-15-13-12(11-8-4-5-9-18-11)14(10-6-2-1-3-7-10)19-21-16(13)22-20-15/h1-9H,(H3,17,20,21,22). The number of aromatic amines is 1. The molecule has 0 saturated carbocycles. The van der Waals surface area contributed by atoms with Gasteiger partial charge in [-0.25, -0.2) is 0 Å². The van der Waals surface area contributed by atoms with Gasteiger partial charge in [-0.3, -0.25) is 10.1 Å². The van der Waals surface area contributed by atoms with Gasteiger partial charge in [0.1, 0.15) is 5.69 Å². The molecule has 3 heterocycles. The normalized spacial score (nSPS) is 10.9. The number of benzene rings is 1. The quantitative estimate of drug-likeness (QED) is 0.591. The number of nitrogens with zero attached hydrogens (tertiary/aromatic N) is 4. The number of nitrogens with two attached hydrogens (primary N) is 1. The predicted molar refractivity (Wildman–Crippen MR) is 84.8 cm³/mol. The van der Waals surface area contributed by atoms with Crippen molar-refractivity contribution < 1.29 is 0 Å². The number of rotatable bonds is 2. The highest BCUT2D eigenvalue weighted by Crippen LogP contribution is 2.36. The third-order valence-electron chi connectivity index (χ3n) is 3.48. The van der Waals surface area contributed by atoms with Gasteiger partial charge in [-0.15, -0.1) is 10.2 Å². The summed E-state index contributed by atoms with van der Waals surface area (Å²) in [7, 11) is 0. The Hall–Kier alpha value is -3.28. The lowest BCUT2D eigenvalue weighted by Gasteiger charge is -2.09. The molecule has 3 N–H and O–H groups in total. The SMILES string of the molecule is Nc1n[nH]c2nnc(-c3ccccc3)c(-c3ccccn3)c12. The van der Waals surface area contributed by atoms with Crippen LogP contribution in [-0.2, 0) is 0 Å². The Balaban J connectivity index is 2.11. The van der Waals surface area contributed by atoms with Gasteiger partial charge in [-0.05, 0) is 12.1 Å². The van der Waals surface area contributed by atoms with E-state index >= 15 is 0 Å². The molecule has 1 aromatic carbocycles. The molecule has 4 aromatic rings. The van der Waals surface area contributed by atoms with E-state index in [4.69, 9.17) is 5.73 Å². The molecule has 6 nitrogen and oxygen atoms in total. The largest absolute Gasteiger partial charge is 0.382 e. The molecule has 0 atom stereocenters. The molecule has 0 aliphatic heterocycles. The van der Waals surface area contributed by atoms with E-state index in [9.17, 15) is 0 Å². The first kappa shape index (κ1) is 12.5. The molecule has 6 heteroatoms. The van der Waals surface area contributed by atoms with Gasteiger partial charge in [0.2, 0.25) is 0 Å². The summed E-state index contributed by atoms with van der Waals surface area (Å²) in [5, 5.41) is 16.1. The molecule has 0 saturated heterocycles. The second kappa shape index (κ2) is 4.92. The Labute approximate surface area is 126 Å². The van der Waals surface area contributed by atoms with Gasteiger partial charge < -0.3 is 5.73 Å². The third-order valence-corrected chi connectivity index (χ3v) is 3.48. The number of hydrogen-bond acceptors (Lipinski definition) is 5. The van der Waals surface area contributed by atoms with E-state index in [2.05, 4.69) is 25.4 Å². The minimum absolute atomic E-state index is 0.391. The Morgan fingerprint density at radius 2 is 1.73 bits per heavy atom. The van der Waals surface area contributed by atoms with Crippen LogP contribution in [0, 0.1) is 0 Å². The van der Waals surface area contributed by atoms with Crippen molar-refractivity contribution in [3.8, 4) is 22.5 Å². The summed E-state index contributed by atoms with van der Waals surface area (Å²) in [5.74, 6) is 0.391. The second-order valence-corrected chi connectivity index (χ2v) is 4.84. The zero-order valence-corrected chi connectivity index (χ0v) is 11.6. The van der Waals surface area contributed by atoms with Crippen molar-refractivity contribution in [1.29, 1.82) is 0 Å². The molecule has 0 radical (unpaired) electrons. The molecule has 4 rings (SSSR count). The van der Waals surface area contributed by atoms with E-state index in [1.54, 1.807) is 6.20 Å². The van der Waals surface area contributed by atoms with Crippen LogP contribution in [-0.4, -0.2) is 25.4 Å². The first-order chi connectivity index (χ1) is 10.8. The average molecular weight is 288 g/mol. The number of nitrogen functional groups attached to an aromatic ring is 1. The molecule has 0 spiro atoms. The Morgan fingerprint density at radius 1 is 0.909 bits per heavy atom. The summed E-state index contributed by atoms with van der Waals surface area (Å²) in [4.78, 5) is 4.44. The Kier molecular flexibility index (Phi) is 2.79. The molecule has 22 heavy (non-hydrogen) atoms. The molecule has 106 valence electrons. The lowest BCUT2D eigenvalue weighted by Crippen LogP contribution is -1.97. The highest BCUT2D eigenvalue weighted by Gasteiger charge is 2.19. The molecular weight excluding hydrogens is 276 g/mol. The predicted octanol–water partition coefficient (Wildman–Crippen LogP) is 2.66. The van der Waals surface area contributed by atoms with Gasteiger partial charge in [-0.2, -0.15) is 5.10 Å². The number of fused-ring (bicyclic) bond motifs is 1. The van der Waals surface area contributed by atoms with Crippen molar-refractivity contribution >= 4 is 16.9 Å². The van der Waals surface area contributed by atoms with Gasteiger partial charge in [-0.1, -0.05) is 36.4 Å². The molecule has 0 aliphatic rings. The maximum Gasteiger partial charge on any atom is 0.180 e. The number of hydrogen-bond donors (Lipinski definition) is 2. The topological polar surface area (TPSA) is 93.4 Å². The van der Waals surface area contributed by atoms with Crippen LogP contribution < -0.4 is 5.73 Å². The van der Waals surface area contributed by atoms with Crippen molar-refractivity contribution in [2.24, 2.45) is 0 Å². The summed E-state index contributed by atoms with van der Waals surface area (Å²) >= 11 is 0. The number of aromatic nitrogens is 5. The van der Waals surface area contributed by atoms with E-state index < -0.39 is 0 Å². The minimum atomic E-state index is 0.391. The van der Waals surface area contributed by atoms with E-state index in [-0.39, 0.29) is 0 Å². The van der Waals surface area contributed by atoms with Crippen LogP contribution >= 0.6 is 0 Å². The summed E-state index contributed by atoms with van der Waals surface area (Å²) in [6.07, 6.45) is 1.74. The van der Waals surface area contributed by atoms with Crippen molar-refractivity contribution in [3.63, 3.8) is 0 Å². The monoisotopic (exact) mass is 288 g/mol. The van der Waals surface area contributed by atoms with Gasteiger partial charge in [0, 0.05) is 17.3 Å². The summed E-state index contributed by atoms with van der Waals surface area (Å²) in [6.45, 7) is 0. The van der Waals surface area contributed by atoms with Crippen molar-refractivity contribution in [2.45, 2.75) is 0 Å². The highest BCUT2D eigenvalue weighted by molar-refractivity contribution is 6.03. The van der Waals surface area contributed by atoms with Crippen LogP contribution in [0.2, 0.25) is 0 Å². The third kappa shape index (κ3) is 1.89. The molecule has 3 aromatic heterocycles. The number of pyridine rings is 1. The van der Waals surface area contributed by atoms with E-state index in [1.807, 2.05) is 48.5 Å². The fraction of sp³-hybridized carbons (Fsp3) is 0. The summed E-state index contributed by atoms with van der Waals surface area (Å²) < 4.78 is 0. The van der Waals surface area contributed by atoms with Crippen LogP contribution in [0.5, 0.6) is 0 Å². The van der Waals surface area contributed by atoms with E-state index in [0.29, 0.717) is 11.5 Å². The lowest BCUT2D eigenvalue weighted by molar-refractivity contribution is 1.03. The number of anilines is 1. The van der Waals surface area contributed by atoms with Crippen LogP contribution in [0.3, 0.4) is 0 Å². The molecule has 0 fully saturated rings. The molecule has 0 unspecified atom stereocenters. The summed E-state index contributed by atoms with van der Waals surface area (Å²) in [6, 6.07) is 15.6. The van der Waals surface area contributed by atoms with Gasteiger partial charge in [0.05, 0.1) is 11.1 Å². The maximum absolute atomic E-state index is 6.02. The van der Waals surface area contributed by atoms with Gasteiger partial charge >= 0.3 is 0 Å². The first-order valence-corrected chi connectivity index (χ1v) is 6.81. The molecule has 0 aliphatic carbocycles. The van der Waals surface area contributed by atoms with Crippen LogP contribution in [0.25, 0.3) is 33.5 Å². The van der Waals surface area contributed by atoms with Crippen LogP contribution in [0.15, 0.2) is 54.7 Å². The molecule has 0 bridgehead atoms. The van der Waals surface area contributed by atoms with Crippen molar-refractivity contribution in [1.82, 2.24) is 25.4 Å². The van der Waals surface area contributed by atoms with Gasteiger partial charge in [0.25, 0.3) is 0 Å². The zero-order valence-electron chi connectivity index (χ0n) is 11.6. The fourth-order valence-electron chi connectivity index (χ4n) is 2.49. The van der Waals surface area contributed by atoms with E-state index in [1.165, 1.54) is 0 Å². The average Bonchev–Trinajstić information content (AvgIpc) is 2.97. The fourth-order valence-corrected chi connectivity index (χ4v) is 2.49. The lowest BCUT2D eigenvalue weighted by atomic mass is 10.0.